The number of benzene rings is 2. The molecule has 0 unspecified atom stereocenters. The zero-order chi connectivity index (χ0) is 19.2. The van der Waals surface area contributed by atoms with Crippen molar-refractivity contribution in [3.05, 3.63) is 65.5 Å². The van der Waals surface area contributed by atoms with Crippen LogP contribution in [0.3, 0.4) is 0 Å². The number of anilines is 1. The number of methoxy groups -OCH3 is 1. The minimum atomic E-state index is -0.965. The summed E-state index contributed by atoms with van der Waals surface area (Å²) in [5.74, 6) is -0.501. The number of carbonyl (C=O) groups excluding carboxylic acids is 2. The monoisotopic (exact) mass is 382 g/mol. The Morgan fingerprint density at radius 1 is 1.11 bits per heavy atom. The molecule has 1 atom stereocenters. The van der Waals surface area contributed by atoms with Gasteiger partial charge in [-0.25, -0.2) is 9.78 Å². The predicted molar refractivity (Wildman–Crippen MR) is 104 cm³/mol. The maximum atomic E-state index is 12.3. The van der Waals surface area contributed by atoms with E-state index >= 15 is 0 Å². The summed E-state index contributed by atoms with van der Waals surface area (Å²) in [6.07, 6.45) is -0.965. The molecule has 6 nitrogen and oxygen atoms in total. The summed E-state index contributed by atoms with van der Waals surface area (Å²) >= 11 is 1.31. The van der Waals surface area contributed by atoms with Crippen LogP contribution in [0.25, 0.3) is 11.3 Å². The van der Waals surface area contributed by atoms with Crippen LogP contribution in [0.4, 0.5) is 5.13 Å². The molecular weight excluding hydrogens is 364 g/mol. The van der Waals surface area contributed by atoms with Crippen molar-refractivity contribution >= 4 is 28.3 Å². The highest BCUT2D eigenvalue weighted by Crippen LogP contribution is 2.24. The number of rotatable bonds is 6. The SMILES string of the molecule is COc1cccc(C(=O)O[C@@H](C)C(=O)Nc2nc(-c3ccccc3)cs2)c1. The van der Waals surface area contributed by atoms with E-state index in [1.54, 1.807) is 24.3 Å². The lowest BCUT2D eigenvalue weighted by Gasteiger charge is -2.12. The quantitative estimate of drug-likeness (QED) is 0.652. The number of carbonyl (C=O) groups is 2. The van der Waals surface area contributed by atoms with Gasteiger partial charge >= 0.3 is 5.97 Å². The number of nitrogens with one attached hydrogen (secondary N) is 1. The molecule has 0 radical (unpaired) electrons. The number of nitrogens with zero attached hydrogens (tertiary/aromatic N) is 1. The summed E-state index contributed by atoms with van der Waals surface area (Å²) in [5, 5.41) is 4.98. The van der Waals surface area contributed by atoms with E-state index in [0.29, 0.717) is 16.4 Å². The maximum absolute atomic E-state index is 12.3. The van der Waals surface area contributed by atoms with Crippen molar-refractivity contribution in [1.29, 1.82) is 0 Å². The van der Waals surface area contributed by atoms with Crippen LogP contribution in [-0.4, -0.2) is 30.1 Å². The number of hydrogen-bond acceptors (Lipinski definition) is 6. The second-order valence-corrected chi connectivity index (χ2v) is 6.53. The molecule has 0 aliphatic carbocycles. The lowest BCUT2D eigenvalue weighted by Crippen LogP contribution is -2.30. The number of esters is 1. The van der Waals surface area contributed by atoms with E-state index in [9.17, 15) is 9.59 Å². The summed E-state index contributed by atoms with van der Waals surface area (Å²) in [4.78, 5) is 28.9. The highest BCUT2D eigenvalue weighted by molar-refractivity contribution is 7.14. The molecule has 3 rings (SSSR count). The van der Waals surface area contributed by atoms with E-state index in [-0.39, 0.29) is 0 Å². The van der Waals surface area contributed by atoms with Crippen molar-refractivity contribution in [3.63, 3.8) is 0 Å². The van der Waals surface area contributed by atoms with Gasteiger partial charge in [0.1, 0.15) is 5.75 Å². The van der Waals surface area contributed by atoms with Gasteiger partial charge < -0.3 is 9.47 Å². The van der Waals surface area contributed by atoms with Gasteiger partial charge in [-0.2, -0.15) is 0 Å². The molecule has 1 aromatic heterocycles. The van der Waals surface area contributed by atoms with E-state index in [2.05, 4.69) is 10.3 Å². The highest BCUT2D eigenvalue weighted by atomic mass is 32.1. The molecule has 0 saturated carbocycles. The van der Waals surface area contributed by atoms with Crippen molar-refractivity contribution in [1.82, 2.24) is 4.98 Å². The van der Waals surface area contributed by atoms with Crippen molar-refractivity contribution in [2.45, 2.75) is 13.0 Å². The lowest BCUT2D eigenvalue weighted by molar-refractivity contribution is -0.123. The van der Waals surface area contributed by atoms with Gasteiger partial charge in [0.2, 0.25) is 0 Å². The van der Waals surface area contributed by atoms with Crippen LogP contribution in [-0.2, 0) is 9.53 Å². The molecule has 1 amide bonds. The van der Waals surface area contributed by atoms with Crippen LogP contribution in [0.1, 0.15) is 17.3 Å². The molecule has 1 N–H and O–H groups in total. The van der Waals surface area contributed by atoms with Gasteiger partial charge in [0.25, 0.3) is 5.91 Å². The Morgan fingerprint density at radius 2 is 1.89 bits per heavy atom. The van der Waals surface area contributed by atoms with Gasteiger partial charge in [0.15, 0.2) is 11.2 Å². The van der Waals surface area contributed by atoms with Gasteiger partial charge in [0.05, 0.1) is 18.4 Å². The standard InChI is InChI=1S/C20H18N2O4S/c1-13(26-19(24)15-9-6-10-16(11-15)25-2)18(23)22-20-21-17(12-27-20)14-7-4-3-5-8-14/h3-13H,1-2H3,(H,21,22,23)/t13-/m0/s1. The Kier molecular flexibility index (Phi) is 5.83. The molecule has 0 aliphatic rings. The molecule has 0 fully saturated rings. The van der Waals surface area contributed by atoms with Crippen LogP contribution in [0.2, 0.25) is 0 Å². The number of hydrogen-bond donors (Lipinski definition) is 1. The third-order valence-corrected chi connectivity index (χ3v) is 4.52. The Labute approximate surface area is 160 Å². The number of amides is 1. The first-order valence-corrected chi connectivity index (χ1v) is 9.11. The number of aromatic nitrogens is 1. The third-order valence-electron chi connectivity index (χ3n) is 3.76. The first-order valence-electron chi connectivity index (χ1n) is 8.23. The largest absolute Gasteiger partial charge is 0.497 e. The van der Waals surface area contributed by atoms with Gasteiger partial charge in [-0.3, -0.25) is 10.1 Å². The fourth-order valence-corrected chi connectivity index (χ4v) is 3.03. The minimum absolute atomic E-state index is 0.314. The lowest BCUT2D eigenvalue weighted by atomic mass is 10.2. The van der Waals surface area contributed by atoms with Crippen LogP contribution < -0.4 is 10.1 Å². The Balaban J connectivity index is 1.61. The molecule has 0 spiro atoms. The van der Waals surface area contributed by atoms with E-state index in [1.165, 1.54) is 25.4 Å². The topological polar surface area (TPSA) is 77.5 Å². The molecule has 2 aromatic carbocycles. The fourth-order valence-electron chi connectivity index (χ4n) is 2.31. The van der Waals surface area contributed by atoms with Gasteiger partial charge in [0, 0.05) is 10.9 Å². The molecule has 138 valence electrons. The zero-order valence-electron chi connectivity index (χ0n) is 14.8. The van der Waals surface area contributed by atoms with Gasteiger partial charge in [-0.1, -0.05) is 36.4 Å². The number of ether oxygens (including phenoxy) is 2. The van der Waals surface area contributed by atoms with Gasteiger partial charge in [-0.05, 0) is 25.1 Å². The molecule has 7 heteroatoms. The third kappa shape index (κ3) is 4.71. The zero-order valence-corrected chi connectivity index (χ0v) is 15.7. The first kappa shape index (κ1) is 18.6. The summed E-state index contributed by atoms with van der Waals surface area (Å²) in [6, 6.07) is 16.2. The van der Waals surface area contributed by atoms with Crippen LogP contribution in [0, 0.1) is 0 Å². The number of thiazole rings is 1. The molecule has 0 aliphatic heterocycles. The Bertz CT molecular complexity index is 940. The van der Waals surface area contributed by atoms with E-state index in [0.717, 1.165) is 11.3 Å². The van der Waals surface area contributed by atoms with Crippen molar-refractivity contribution in [2.24, 2.45) is 0 Å². The summed E-state index contributed by atoms with van der Waals surface area (Å²) in [6.45, 7) is 1.51. The first-order chi connectivity index (χ1) is 13.1. The Morgan fingerprint density at radius 3 is 2.63 bits per heavy atom. The smallest absolute Gasteiger partial charge is 0.339 e. The van der Waals surface area contributed by atoms with Crippen LogP contribution >= 0.6 is 11.3 Å². The van der Waals surface area contributed by atoms with Crippen LogP contribution in [0.5, 0.6) is 5.75 Å². The molecule has 0 saturated heterocycles. The van der Waals surface area contributed by atoms with Crippen LogP contribution in [0.15, 0.2) is 60.0 Å². The molecule has 27 heavy (non-hydrogen) atoms. The summed E-state index contributed by atoms with van der Waals surface area (Å²) < 4.78 is 10.3. The molecule has 1 heterocycles. The van der Waals surface area contributed by atoms with Crippen molar-refractivity contribution in [3.8, 4) is 17.0 Å². The molecule has 0 bridgehead atoms. The second kappa shape index (κ2) is 8.46. The second-order valence-electron chi connectivity index (χ2n) is 5.67. The van der Waals surface area contributed by atoms with Crippen molar-refractivity contribution in [2.75, 3.05) is 12.4 Å². The average molecular weight is 382 g/mol. The summed E-state index contributed by atoms with van der Waals surface area (Å²) in [7, 11) is 1.51. The molecular formula is C20H18N2O4S. The normalized spacial score (nSPS) is 11.5. The predicted octanol–water partition coefficient (Wildman–Crippen LogP) is 4.00. The maximum Gasteiger partial charge on any atom is 0.339 e. The average Bonchev–Trinajstić information content (AvgIpc) is 3.17. The fraction of sp³-hybridized carbons (Fsp3) is 0.150. The Hall–Kier alpha value is -3.19. The summed E-state index contributed by atoms with van der Waals surface area (Å²) in [5.41, 5.74) is 2.05. The van der Waals surface area contributed by atoms with E-state index in [4.69, 9.17) is 9.47 Å². The van der Waals surface area contributed by atoms with Crippen molar-refractivity contribution < 1.29 is 19.1 Å². The van der Waals surface area contributed by atoms with E-state index < -0.39 is 18.0 Å². The van der Waals surface area contributed by atoms with Gasteiger partial charge in [-0.15, -0.1) is 11.3 Å². The van der Waals surface area contributed by atoms with E-state index in [1.807, 2.05) is 35.7 Å². The molecule has 3 aromatic rings. The highest BCUT2D eigenvalue weighted by Gasteiger charge is 2.20. The minimum Gasteiger partial charge on any atom is -0.497 e.